The molecule has 1 aromatic heterocycles. The lowest BCUT2D eigenvalue weighted by Crippen LogP contribution is -2.34. The van der Waals surface area contributed by atoms with Gasteiger partial charge in [0.15, 0.2) is 5.78 Å². The molecular weight excluding hydrogens is 643 g/mol. The second-order valence-electron chi connectivity index (χ2n) is 10.3. The summed E-state index contributed by atoms with van der Waals surface area (Å²) in [5, 5.41) is 5.65. The molecule has 270 valence electrons. The summed E-state index contributed by atoms with van der Waals surface area (Å²) < 4.78 is 41.3. The lowest BCUT2D eigenvalue weighted by Gasteiger charge is -2.30. The number of aromatic nitrogens is 3. The van der Waals surface area contributed by atoms with Gasteiger partial charge in [0, 0.05) is 54.9 Å². The molecule has 0 unspecified atom stereocenters. The second kappa shape index (κ2) is 19.4. The molecule has 18 heteroatoms. The van der Waals surface area contributed by atoms with Crippen molar-refractivity contribution in [3.8, 4) is 5.75 Å². The van der Waals surface area contributed by atoms with Crippen LogP contribution in [0.5, 0.6) is 5.75 Å². The highest BCUT2D eigenvalue weighted by Crippen LogP contribution is 2.26. The molecule has 14 nitrogen and oxygen atoms in total. The van der Waals surface area contributed by atoms with Crippen LogP contribution in [0.4, 0.5) is 42.4 Å². The number of amides is 1. The van der Waals surface area contributed by atoms with Gasteiger partial charge in [-0.15, -0.1) is 25.6 Å². The number of rotatable bonds is 9. The third kappa shape index (κ3) is 12.4. The topological polar surface area (TPSA) is 253 Å². The predicted molar refractivity (Wildman–Crippen MR) is 188 cm³/mol. The molecule has 0 saturated carbocycles. The third-order valence-electron chi connectivity index (χ3n) is 7.03. The highest BCUT2D eigenvalue weighted by molar-refractivity contribution is 6.11. The van der Waals surface area contributed by atoms with Crippen molar-refractivity contribution >= 4 is 53.3 Å². The summed E-state index contributed by atoms with van der Waals surface area (Å²) in [5.74, 6) is 0.149. The molecule has 0 spiro atoms. The van der Waals surface area contributed by atoms with Crippen LogP contribution in [0.25, 0.3) is 0 Å². The van der Waals surface area contributed by atoms with Crippen molar-refractivity contribution < 1.29 is 33.2 Å². The Labute approximate surface area is 283 Å². The van der Waals surface area contributed by atoms with E-state index in [9.17, 15) is 22.8 Å². The fraction of sp³-hybridized carbons (Fsp3) is 0.414. The number of ether oxygens (including phenoxy) is 1. The molecule has 0 radical (unpaired) electrons. The summed E-state index contributed by atoms with van der Waals surface area (Å²) in [6.07, 6.45) is 1.45. The molecule has 3 heterocycles. The first-order valence-electron chi connectivity index (χ1n) is 14.0. The van der Waals surface area contributed by atoms with Gasteiger partial charge in [0.05, 0.1) is 6.42 Å². The maximum absolute atomic E-state index is 12.7. The van der Waals surface area contributed by atoms with E-state index in [1.54, 1.807) is 24.3 Å². The average Bonchev–Trinajstić information content (AvgIpc) is 2.97. The lowest BCUT2D eigenvalue weighted by molar-refractivity contribution is -0.274. The van der Waals surface area contributed by atoms with Gasteiger partial charge in [0.2, 0.25) is 23.8 Å². The normalized spacial score (nSPS) is 14.0. The average molecular weight is 696 g/mol. The van der Waals surface area contributed by atoms with Crippen molar-refractivity contribution in [2.45, 2.75) is 51.3 Å². The Bertz CT molecular complexity index is 1390. The molecule has 14 N–H and O–H groups in total. The van der Waals surface area contributed by atoms with Crippen molar-refractivity contribution in [1.82, 2.24) is 39.6 Å². The van der Waals surface area contributed by atoms with Gasteiger partial charge in [-0.25, -0.2) is 0 Å². The number of Topliss-reactive ketones (excluding diaryl/α,β-unsaturated/α-hetero) is 1. The highest BCUT2D eigenvalue weighted by Gasteiger charge is 2.31. The van der Waals surface area contributed by atoms with Crippen LogP contribution in [0.2, 0.25) is 0 Å². The molecule has 3 aromatic rings. The van der Waals surface area contributed by atoms with Crippen LogP contribution in [0, 0.1) is 0 Å². The van der Waals surface area contributed by atoms with Crippen LogP contribution in [-0.4, -0.2) is 59.2 Å². The van der Waals surface area contributed by atoms with E-state index in [1.165, 1.54) is 25.0 Å². The number of carbonyl (C=O) groups is 2. The Hall–Kier alpha value is -4.29. The van der Waals surface area contributed by atoms with E-state index in [0.717, 1.165) is 64.0 Å². The van der Waals surface area contributed by atoms with E-state index < -0.39 is 30.2 Å². The lowest BCUT2D eigenvalue weighted by atomic mass is 10.1. The van der Waals surface area contributed by atoms with Crippen molar-refractivity contribution in [1.29, 1.82) is 0 Å². The maximum atomic E-state index is 12.7. The SMILES string of the molecule is Cl.N.N.N.N.O=C(CC(=O)c1ccc(Nc2nc(N3CCCCC3)nc(N3CCCCC3)n2)cc1)Nc1cccc(OC(F)(F)F)c1.[HH].[HH].[HH].[HH]. The van der Waals surface area contributed by atoms with Gasteiger partial charge in [-0.1, -0.05) is 6.07 Å². The summed E-state index contributed by atoms with van der Waals surface area (Å²) in [5.41, 5.74) is 1.06. The smallest absolute Gasteiger partial charge is 0.406 e. The van der Waals surface area contributed by atoms with Gasteiger partial charge in [-0.3, -0.25) is 9.59 Å². The Morgan fingerprint density at radius 3 is 1.81 bits per heavy atom. The number of alkyl halides is 3. The number of hydrogen-bond donors (Lipinski definition) is 6. The van der Waals surface area contributed by atoms with Crippen LogP contribution < -0.4 is 49.8 Å². The molecule has 0 bridgehead atoms. The van der Waals surface area contributed by atoms with E-state index in [0.29, 0.717) is 29.1 Å². The predicted octanol–water partition coefficient (Wildman–Crippen LogP) is 7.76. The monoisotopic (exact) mass is 695 g/mol. The van der Waals surface area contributed by atoms with Gasteiger partial charge < -0.3 is 49.8 Å². The Morgan fingerprint density at radius 2 is 1.30 bits per heavy atom. The second-order valence-corrected chi connectivity index (χ2v) is 10.3. The molecule has 2 fully saturated rings. The van der Waals surface area contributed by atoms with E-state index in [1.807, 2.05) is 0 Å². The number of anilines is 5. The fourth-order valence-corrected chi connectivity index (χ4v) is 4.97. The number of nitrogens with one attached hydrogen (secondary N) is 2. The molecule has 2 aromatic carbocycles. The van der Waals surface area contributed by atoms with Gasteiger partial charge in [0.25, 0.3) is 0 Å². The zero-order chi connectivity index (χ0) is 29.5. The standard InChI is InChI=1S/C29H32F3N7O3.ClH.4H3N.4H2/c30-29(31,32)42-23-9-7-8-22(18-23)33-25(41)19-24(40)20-10-12-21(13-11-20)34-26-35-27(38-14-3-1-4-15-38)37-28(36-26)39-16-5-2-6-17-39;;;;;;;;;/h7-13,18H,1-6,14-17,19H2,(H,33,41)(H,34,35,36,37);1H;4*1H3;4*1H. The number of ketones is 1. The van der Waals surface area contributed by atoms with Crippen molar-refractivity contribution in [2.24, 2.45) is 0 Å². The van der Waals surface area contributed by atoms with E-state index in [2.05, 4.69) is 35.1 Å². The van der Waals surface area contributed by atoms with E-state index in [4.69, 9.17) is 4.98 Å². The minimum absolute atomic E-state index is 0. The van der Waals surface area contributed by atoms with E-state index in [-0.39, 0.29) is 48.4 Å². The van der Waals surface area contributed by atoms with Crippen LogP contribution in [0.1, 0.15) is 61.0 Å². The number of halogens is 4. The van der Waals surface area contributed by atoms with Gasteiger partial charge in [-0.2, -0.15) is 15.0 Å². The number of nitrogens with zero attached hydrogens (tertiary/aromatic N) is 5. The summed E-state index contributed by atoms with van der Waals surface area (Å²) >= 11 is 0. The Balaban J connectivity index is -0.000000784. The first-order chi connectivity index (χ1) is 20.2. The third-order valence-corrected chi connectivity index (χ3v) is 7.03. The summed E-state index contributed by atoms with van der Waals surface area (Å²) in [4.78, 5) is 43.6. The summed E-state index contributed by atoms with van der Waals surface area (Å²) in [7, 11) is 0. The molecule has 0 aliphatic carbocycles. The number of hydrogen-bond acceptors (Lipinski definition) is 13. The quantitative estimate of drug-likeness (QED) is 0.0925. The van der Waals surface area contributed by atoms with Crippen LogP contribution in [-0.2, 0) is 4.79 Å². The molecule has 2 aliphatic rings. The van der Waals surface area contributed by atoms with Crippen molar-refractivity contribution in [2.75, 3.05) is 46.6 Å². The molecular formula is C29H53ClF3N11O3. The summed E-state index contributed by atoms with van der Waals surface area (Å²) in [6.45, 7) is 3.61. The molecule has 2 aliphatic heterocycles. The zero-order valence-electron chi connectivity index (χ0n) is 26.2. The van der Waals surface area contributed by atoms with Gasteiger partial charge >= 0.3 is 6.36 Å². The zero-order valence-corrected chi connectivity index (χ0v) is 27.0. The van der Waals surface area contributed by atoms with Crippen molar-refractivity contribution in [3.05, 3.63) is 54.1 Å². The number of benzene rings is 2. The molecule has 5 rings (SSSR count). The molecule has 0 atom stereocenters. The molecule has 1 amide bonds. The highest BCUT2D eigenvalue weighted by atomic mass is 35.5. The van der Waals surface area contributed by atoms with Crippen LogP contribution in [0.3, 0.4) is 0 Å². The summed E-state index contributed by atoms with van der Waals surface area (Å²) in [6, 6.07) is 11.4. The van der Waals surface area contributed by atoms with Gasteiger partial charge in [-0.05, 0) is 74.9 Å². The first-order valence-corrected chi connectivity index (χ1v) is 14.0. The van der Waals surface area contributed by atoms with Crippen LogP contribution in [0.15, 0.2) is 48.5 Å². The largest absolute Gasteiger partial charge is 0.573 e. The first kappa shape index (κ1) is 42.7. The Morgan fingerprint density at radius 1 is 0.766 bits per heavy atom. The Kier molecular flexibility index (Phi) is 17.6. The minimum atomic E-state index is -4.85. The number of carbonyl (C=O) groups excluding carboxylic acids is 2. The number of piperidine rings is 2. The minimum Gasteiger partial charge on any atom is -0.406 e. The molecule has 47 heavy (non-hydrogen) atoms. The van der Waals surface area contributed by atoms with Crippen LogP contribution >= 0.6 is 12.4 Å². The fourth-order valence-electron chi connectivity index (χ4n) is 4.97. The maximum Gasteiger partial charge on any atom is 0.573 e. The molecule has 2 saturated heterocycles. The van der Waals surface area contributed by atoms with Gasteiger partial charge in [0.1, 0.15) is 5.75 Å². The van der Waals surface area contributed by atoms with E-state index >= 15 is 0 Å². The van der Waals surface area contributed by atoms with Crippen molar-refractivity contribution in [3.63, 3.8) is 0 Å².